The van der Waals surface area contributed by atoms with Crippen molar-refractivity contribution in [2.24, 2.45) is 4.99 Å². The van der Waals surface area contributed by atoms with Crippen LogP contribution in [0.2, 0.25) is 0 Å². The Balaban J connectivity index is 1.51. The third kappa shape index (κ3) is 5.83. The summed E-state index contributed by atoms with van der Waals surface area (Å²) in [5, 5.41) is 0. The van der Waals surface area contributed by atoms with Gasteiger partial charge in [-0.2, -0.15) is 26.3 Å². The number of hydrogen-bond acceptors (Lipinski definition) is 4. The summed E-state index contributed by atoms with van der Waals surface area (Å²) in [5.74, 6) is 0.118. The fourth-order valence-electron chi connectivity index (χ4n) is 4.61. The highest BCUT2D eigenvalue weighted by molar-refractivity contribution is 6.46. The number of nitrogens with zero attached hydrogens (tertiary/aromatic N) is 3. The highest BCUT2D eigenvalue weighted by Gasteiger charge is 2.41. The van der Waals surface area contributed by atoms with Crippen LogP contribution in [0.4, 0.5) is 32.0 Å². The van der Waals surface area contributed by atoms with Crippen LogP contribution in [0.1, 0.15) is 61.5 Å². The molecule has 5 rings (SSSR count). The summed E-state index contributed by atoms with van der Waals surface area (Å²) in [6.07, 6.45) is -5.87. The Morgan fingerprint density at radius 2 is 1.57 bits per heavy atom. The van der Waals surface area contributed by atoms with Gasteiger partial charge in [-0.1, -0.05) is 18.2 Å². The van der Waals surface area contributed by atoms with Gasteiger partial charge in [-0.25, -0.2) is 0 Å². The number of aromatic nitrogens is 1. The van der Waals surface area contributed by atoms with Crippen LogP contribution in [-0.2, 0) is 22.7 Å². The zero-order valence-corrected chi connectivity index (χ0v) is 21.6. The molecule has 3 aromatic rings. The molecule has 0 spiro atoms. The van der Waals surface area contributed by atoms with E-state index in [1.807, 2.05) is 6.07 Å². The average molecular weight is 562 g/mol. The first-order valence-corrected chi connectivity index (χ1v) is 12.6. The SMILES string of the molecule is CC(C)(N=C1C[C@H](c2cccc(OC3CC3)c2)N(c2ccc(C(F)(F)F)cc2)C1=O)c1ccc(C(F)(F)F)nc1. The molecule has 5 nitrogen and oxygen atoms in total. The predicted octanol–water partition coefficient (Wildman–Crippen LogP) is 7.51. The van der Waals surface area contributed by atoms with Crippen molar-refractivity contribution < 1.29 is 35.9 Å². The zero-order chi connectivity index (χ0) is 28.9. The van der Waals surface area contributed by atoms with Crippen LogP contribution in [0.5, 0.6) is 5.75 Å². The van der Waals surface area contributed by atoms with Crippen LogP contribution in [0.25, 0.3) is 0 Å². The number of carbonyl (C=O) groups is 1. The minimum atomic E-state index is -4.59. The minimum absolute atomic E-state index is 0.129. The average Bonchev–Trinajstić information content (AvgIpc) is 3.65. The summed E-state index contributed by atoms with van der Waals surface area (Å²) in [7, 11) is 0. The summed E-state index contributed by atoms with van der Waals surface area (Å²) < 4.78 is 84.4. The number of anilines is 1. The van der Waals surface area contributed by atoms with Crippen molar-refractivity contribution in [3.63, 3.8) is 0 Å². The highest BCUT2D eigenvalue weighted by Crippen LogP contribution is 2.40. The van der Waals surface area contributed by atoms with Gasteiger partial charge in [0, 0.05) is 18.3 Å². The van der Waals surface area contributed by atoms with Crippen molar-refractivity contribution in [2.45, 2.75) is 63.1 Å². The number of pyridine rings is 1. The normalized spacial score (nSPS) is 19.4. The lowest BCUT2D eigenvalue weighted by Crippen LogP contribution is -2.30. The lowest BCUT2D eigenvalue weighted by atomic mass is 9.95. The van der Waals surface area contributed by atoms with Crippen LogP contribution in [0.15, 0.2) is 71.9 Å². The number of aliphatic imine (C=N–C) groups is 1. The lowest BCUT2D eigenvalue weighted by Gasteiger charge is -2.25. The van der Waals surface area contributed by atoms with E-state index in [9.17, 15) is 31.1 Å². The molecule has 1 aliphatic heterocycles. The summed E-state index contributed by atoms with van der Waals surface area (Å²) >= 11 is 0. The van der Waals surface area contributed by atoms with Gasteiger partial charge in [0.15, 0.2) is 0 Å². The molecule has 2 aromatic carbocycles. The largest absolute Gasteiger partial charge is 0.490 e. The molecule has 1 amide bonds. The van der Waals surface area contributed by atoms with Crippen molar-refractivity contribution in [2.75, 3.05) is 4.90 Å². The second-order valence-electron chi connectivity index (χ2n) is 10.4. The molecule has 40 heavy (non-hydrogen) atoms. The summed E-state index contributed by atoms with van der Waals surface area (Å²) in [5.41, 5.74) is -1.52. The lowest BCUT2D eigenvalue weighted by molar-refractivity contribution is -0.141. The molecule has 1 aromatic heterocycles. The molecule has 0 unspecified atom stereocenters. The molecule has 210 valence electrons. The van der Waals surface area contributed by atoms with E-state index in [1.54, 1.807) is 32.0 Å². The predicted molar refractivity (Wildman–Crippen MR) is 136 cm³/mol. The van der Waals surface area contributed by atoms with E-state index in [0.717, 1.165) is 37.2 Å². The van der Waals surface area contributed by atoms with Crippen molar-refractivity contribution in [3.8, 4) is 5.75 Å². The van der Waals surface area contributed by atoms with Crippen LogP contribution < -0.4 is 9.64 Å². The van der Waals surface area contributed by atoms with Gasteiger partial charge in [0.05, 0.1) is 23.2 Å². The standard InChI is InChI=1S/C29H25F6N3O2/c1-27(2,19-8-13-25(36-16-19)29(33,34)35)37-23-15-24(17-4-3-5-22(14-17)40-21-11-12-21)38(26(23)39)20-9-6-18(7-10-20)28(30,31)32/h3-10,13-14,16,21,24H,11-12,15H2,1-2H3/t24-/m1/s1. The number of alkyl halides is 6. The number of carbonyl (C=O) groups excluding carboxylic acids is 1. The first-order valence-electron chi connectivity index (χ1n) is 12.6. The molecule has 1 atom stereocenters. The maximum absolute atomic E-state index is 13.7. The number of ether oxygens (including phenoxy) is 1. The fraction of sp³-hybridized carbons (Fsp3) is 0.345. The fourth-order valence-corrected chi connectivity index (χ4v) is 4.61. The van der Waals surface area contributed by atoms with Gasteiger partial charge in [0.2, 0.25) is 0 Å². The van der Waals surface area contributed by atoms with Gasteiger partial charge >= 0.3 is 12.4 Å². The number of hydrogen-bond donors (Lipinski definition) is 0. The highest BCUT2D eigenvalue weighted by atomic mass is 19.4. The molecule has 1 saturated heterocycles. The monoisotopic (exact) mass is 561 g/mol. The maximum Gasteiger partial charge on any atom is 0.433 e. The molecule has 2 fully saturated rings. The molecule has 1 saturated carbocycles. The molecule has 2 heterocycles. The van der Waals surface area contributed by atoms with Crippen molar-refractivity contribution >= 4 is 17.3 Å². The third-order valence-corrected chi connectivity index (χ3v) is 6.88. The van der Waals surface area contributed by atoms with Crippen LogP contribution in [0.3, 0.4) is 0 Å². The van der Waals surface area contributed by atoms with E-state index in [2.05, 4.69) is 9.98 Å². The second-order valence-corrected chi connectivity index (χ2v) is 10.4. The van der Waals surface area contributed by atoms with Gasteiger partial charge in [0.1, 0.15) is 17.2 Å². The number of rotatable bonds is 6. The number of amides is 1. The molecule has 0 bridgehead atoms. The Hall–Kier alpha value is -3.89. The molecule has 0 N–H and O–H groups in total. The van der Waals surface area contributed by atoms with Crippen molar-refractivity contribution in [1.82, 2.24) is 4.98 Å². The topological polar surface area (TPSA) is 54.8 Å². The van der Waals surface area contributed by atoms with E-state index in [0.29, 0.717) is 16.9 Å². The first kappa shape index (κ1) is 27.7. The van der Waals surface area contributed by atoms with Crippen molar-refractivity contribution in [3.05, 3.63) is 89.2 Å². The number of halogens is 6. The molecular formula is C29H25F6N3O2. The van der Waals surface area contributed by atoms with Gasteiger partial charge in [-0.05, 0) is 80.3 Å². The summed E-state index contributed by atoms with van der Waals surface area (Å²) in [4.78, 5) is 23.3. The van der Waals surface area contributed by atoms with Crippen molar-refractivity contribution in [1.29, 1.82) is 0 Å². The molecule has 0 radical (unpaired) electrons. The Bertz CT molecular complexity index is 1430. The third-order valence-electron chi connectivity index (χ3n) is 6.88. The number of benzene rings is 2. The van der Waals surface area contributed by atoms with Crippen LogP contribution in [-0.4, -0.2) is 22.7 Å². The maximum atomic E-state index is 13.7. The van der Waals surface area contributed by atoms with E-state index in [1.165, 1.54) is 23.1 Å². The smallest absolute Gasteiger partial charge is 0.433 e. The van der Waals surface area contributed by atoms with Gasteiger partial charge < -0.3 is 4.74 Å². The Morgan fingerprint density at radius 3 is 2.15 bits per heavy atom. The van der Waals surface area contributed by atoms with Crippen LogP contribution in [0, 0.1) is 0 Å². The Labute approximate surface area is 226 Å². The second kappa shape index (κ2) is 9.94. The van der Waals surface area contributed by atoms with E-state index < -0.39 is 41.1 Å². The van der Waals surface area contributed by atoms with Gasteiger partial charge in [-0.3, -0.25) is 19.7 Å². The molecular weight excluding hydrogens is 536 g/mol. The minimum Gasteiger partial charge on any atom is -0.490 e. The van der Waals surface area contributed by atoms with E-state index >= 15 is 0 Å². The molecule has 1 aliphatic carbocycles. The van der Waals surface area contributed by atoms with E-state index in [-0.39, 0.29) is 23.9 Å². The summed E-state index contributed by atoms with van der Waals surface area (Å²) in [6.45, 7) is 3.30. The van der Waals surface area contributed by atoms with E-state index in [4.69, 9.17) is 4.74 Å². The Kier molecular flexibility index (Phi) is 6.87. The summed E-state index contributed by atoms with van der Waals surface area (Å²) in [6, 6.07) is 13.1. The van der Waals surface area contributed by atoms with Gasteiger partial charge in [-0.15, -0.1) is 0 Å². The zero-order valence-electron chi connectivity index (χ0n) is 21.6. The quantitative estimate of drug-likeness (QED) is 0.293. The van der Waals surface area contributed by atoms with Crippen LogP contribution >= 0.6 is 0 Å². The first-order chi connectivity index (χ1) is 18.7. The molecule has 2 aliphatic rings. The Morgan fingerprint density at radius 1 is 0.900 bits per heavy atom. The van der Waals surface area contributed by atoms with Gasteiger partial charge in [0.25, 0.3) is 5.91 Å². The molecule has 11 heteroatoms.